The van der Waals surface area contributed by atoms with Crippen LogP contribution in [0.3, 0.4) is 0 Å². The lowest BCUT2D eigenvalue weighted by molar-refractivity contribution is -0.384. The van der Waals surface area contributed by atoms with Gasteiger partial charge in [-0.25, -0.2) is 4.90 Å². The topological polar surface area (TPSA) is 135 Å². The van der Waals surface area contributed by atoms with E-state index < -0.39 is 40.4 Å². The summed E-state index contributed by atoms with van der Waals surface area (Å²) >= 11 is 3.18. The van der Waals surface area contributed by atoms with Gasteiger partial charge in [0.05, 0.1) is 26.9 Å². The van der Waals surface area contributed by atoms with Gasteiger partial charge in [0.15, 0.2) is 11.6 Å². The number of nitro benzene ring substituents is 1. The molecule has 0 unspecified atom stereocenters. The average Bonchev–Trinajstić information content (AvgIpc) is 3.16. The molecule has 1 aliphatic heterocycles. The van der Waals surface area contributed by atoms with Crippen LogP contribution in [-0.4, -0.2) is 33.4 Å². The molecule has 1 N–H and O–H groups in total. The number of halogens is 1. The van der Waals surface area contributed by atoms with Gasteiger partial charge in [0.1, 0.15) is 5.75 Å². The van der Waals surface area contributed by atoms with Gasteiger partial charge in [-0.1, -0.05) is 35.9 Å². The highest BCUT2D eigenvalue weighted by molar-refractivity contribution is 9.12. The maximum absolute atomic E-state index is 13.8. The number of imide groups is 1. The maximum Gasteiger partial charge on any atom is 0.271 e. The molecule has 0 radical (unpaired) electrons. The maximum atomic E-state index is 13.8. The van der Waals surface area contributed by atoms with Crippen molar-refractivity contribution in [3.05, 3.63) is 97.6 Å². The second kappa shape index (κ2) is 8.70. The van der Waals surface area contributed by atoms with E-state index in [1.165, 1.54) is 36.4 Å². The van der Waals surface area contributed by atoms with Crippen LogP contribution in [0.4, 0.5) is 11.4 Å². The highest BCUT2D eigenvalue weighted by Crippen LogP contribution is 2.56. The summed E-state index contributed by atoms with van der Waals surface area (Å²) in [5, 5.41) is 22.0. The molecule has 9 nitrogen and oxygen atoms in total. The van der Waals surface area contributed by atoms with Gasteiger partial charge in [-0.3, -0.25) is 29.3 Å². The van der Waals surface area contributed by atoms with Crippen LogP contribution >= 0.6 is 15.9 Å². The molecular formula is C28H19BrN2O7. The van der Waals surface area contributed by atoms with Crippen molar-refractivity contribution in [2.24, 2.45) is 17.8 Å². The number of hydrogen-bond donors (Lipinski definition) is 1. The first kappa shape index (κ1) is 24.2. The number of Topliss-reactive ketones (excluding diaryl/α,β-unsaturated/α-hetero) is 1. The molecule has 2 aromatic carbocycles. The average molecular weight is 575 g/mol. The minimum Gasteiger partial charge on any atom is -0.508 e. The summed E-state index contributed by atoms with van der Waals surface area (Å²) < 4.78 is 0.115. The van der Waals surface area contributed by atoms with E-state index in [2.05, 4.69) is 15.9 Å². The minimum absolute atomic E-state index is 0.0473. The van der Waals surface area contributed by atoms with Crippen molar-refractivity contribution in [1.29, 1.82) is 0 Å². The first-order valence-electron chi connectivity index (χ1n) is 12.0. The number of allylic oxidation sites excluding steroid dienone is 6. The van der Waals surface area contributed by atoms with Gasteiger partial charge in [-0.2, -0.15) is 0 Å². The van der Waals surface area contributed by atoms with Crippen molar-refractivity contribution in [1.82, 2.24) is 0 Å². The number of carbonyl (C=O) groups excluding carboxylic acids is 4. The van der Waals surface area contributed by atoms with Gasteiger partial charge in [0.25, 0.3) is 5.69 Å². The molecule has 0 aromatic heterocycles. The number of carbonyl (C=O) groups is 4. The number of rotatable bonds is 3. The number of hydrogen-bond acceptors (Lipinski definition) is 7. The number of non-ortho nitro benzene ring substituents is 1. The molecule has 3 aliphatic carbocycles. The fraction of sp³-hybridized carbons (Fsp3) is 0.214. The number of aromatic hydroxyl groups is 1. The monoisotopic (exact) mass is 574 g/mol. The molecule has 1 saturated heterocycles. The summed E-state index contributed by atoms with van der Waals surface area (Å²) in [5.74, 6) is -4.59. The van der Waals surface area contributed by atoms with E-state index in [4.69, 9.17) is 0 Å². The van der Waals surface area contributed by atoms with Crippen molar-refractivity contribution >= 4 is 50.7 Å². The fourth-order valence-electron chi connectivity index (χ4n) is 6.29. The first-order valence-corrected chi connectivity index (χ1v) is 12.8. The quantitative estimate of drug-likeness (QED) is 0.190. The SMILES string of the molecule is O=C1C=C(Br)C(=O)C2=C1[C@@H](c1ccccc1O)C1=CC[C@@H]3C(=O)N(c4cccc([N+](=O)[O-])c4)C(=O)[C@@H]3[C@@H]1C2. The molecule has 4 atom stereocenters. The lowest BCUT2D eigenvalue weighted by Gasteiger charge is -2.42. The molecule has 1 heterocycles. The highest BCUT2D eigenvalue weighted by Gasteiger charge is 2.57. The normalized spacial score (nSPS) is 26.5. The lowest BCUT2D eigenvalue weighted by Crippen LogP contribution is -2.39. The minimum atomic E-state index is -0.822. The molecular weight excluding hydrogens is 556 g/mol. The van der Waals surface area contributed by atoms with Crippen molar-refractivity contribution in [2.75, 3.05) is 4.90 Å². The van der Waals surface area contributed by atoms with Gasteiger partial charge < -0.3 is 5.11 Å². The van der Waals surface area contributed by atoms with Crippen LogP contribution in [0.5, 0.6) is 5.75 Å². The van der Waals surface area contributed by atoms with Gasteiger partial charge in [0, 0.05) is 40.8 Å². The summed E-state index contributed by atoms with van der Waals surface area (Å²) in [5.41, 5.74) is 1.55. The smallest absolute Gasteiger partial charge is 0.271 e. The predicted octanol–water partition coefficient (Wildman–Crippen LogP) is 4.27. The number of benzene rings is 2. The number of para-hydroxylation sites is 1. The Balaban J connectivity index is 1.48. The van der Waals surface area contributed by atoms with E-state index in [1.807, 2.05) is 6.08 Å². The van der Waals surface area contributed by atoms with Crippen LogP contribution in [-0.2, 0) is 19.2 Å². The van der Waals surface area contributed by atoms with Crippen molar-refractivity contribution < 1.29 is 29.2 Å². The Hall–Kier alpha value is -4.18. The van der Waals surface area contributed by atoms with E-state index >= 15 is 0 Å². The summed E-state index contributed by atoms with van der Waals surface area (Å²) in [4.78, 5) is 65.5. The Bertz CT molecular complexity index is 1590. The summed E-state index contributed by atoms with van der Waals surface area (Å²) in [7, 11) is 0. The van der Waals surface area contributed by atoms with Crippen LogP contribution in [0.25, 0.3) is 0 Å². The van der Waals surface area contributed by atoms with Gasteiger partial charge in [-0.05, 0) is 46.8 Å². The van der Waals surface area contributed by atoms with E-state index in [1.54, 1.807) is 18.2 Å². The molecule has 0 spiro atoms. The Kier molecular flexibility index (Phi) is 5.53. The zero-order valence-corrected chi connectivity index (χ0v) is 21.3. The third-order valence-electron chi connectivity index (χ3n) is 7.88. The van der Waals surface area contributed by atoms with E-state index in [0.29, 0.717) is 11.1 Å². The number of amides is 2. The molecule has 190 valence electrons. The van der Waals surface area contributed by atoms with Gasteiger partial charge >= 0.3 is 0 Å². The van der Waals surface area contributed by atoms with E-state index in [0.717, 1.165) is 4.90 Å². The van der Waals surface area contributed by atoms with Crippen LogP contribution < -0.4 is 4.90 Å². The Morgan fingerprint density at radius 2 is 1.76 bits per heavy atom. The zero-order valence-electron chi connectivity index (χ0n) is 19.7. The first-order chi connectivity index (χ1) is 18.2. The molecule has 4 aliphatic rings. The standard InChI is InChI=1S/C28H19BrN2O7/c29-20-12-22(33)25-19(26(20)34)11-18-15(23(25)16-6-1-2-7-21(16)32)8-9-17-24(18)28(36)30(27(17)35)13-4-3-5-14(10-13)31(37)38/h1-8,10,12,17-18,23-24,32H,9,11H2/t17-,18+,23+,24-/m0/s1. The number of nitro groups is 1. The molecule has 10 heteroatoms. The molecule has 1 fully saturated rings. The highest BCUT2D eigenvalue weighted by atomic mass is 79.9. The number of fused-ring (bicyclic) bond motifs is 3. The predicted molar refractivity (Wildman–Crippen MR) is 138 cm³/mol. The van der Waals surface area contributed by atoms with Crippen LogP contribution in [0.1, 0.15) is 24.3 Å². The molecule has 0 bridgehead atoms. The van der Waals surface area contributed by atoms with Crippen molar-refractivity contribution in [2.45, 2.75) is 18.8 Å². The Labute approximate surface area is 224 Å². The Morgan fingerprint density at radius 1 is 1.00 bits per heavy atom. The second-order valence-corrected chi connectivity index (χ2v) is 10.6. The summed E-state index contributed by atoms with van der Waals surface area (Å²) in [6.45, 7) is 0. The zero-order chi connectivity index (χ0) is 26.9. The number of anilines is 1. The van der Waals surface area contributed by atoms with Crippen molar-refractivity contribution in [3.8, 4) is 5.75 Å². The summed E-state index contributed by atoms with van der Waals surface area (Å²) in [6, 6.07) is 11.9. The molecule has 6 rings (SSSR count). The number of ketones is 2. The van der Waals surface area contributed by atoms with Gasteiger partial charge in [0.2, 0.25) is 11.8 Å². The largest absolute Gasteiger partial charge is 0.508 e. The third-order valence-corrected chi connectivity index (χ3v) is 8.47. The van der Waals surface area contributed by atoms with Crippen LogP contribution in [0.15, 0.2) is 81.9 Å². The van der Waals surface area contributed by atoms with E-state index in [-0.39, 0.29) is 57.2 Å². The van der Waals surface area contributed by atoms with Crippen LogP contribution in [0.2, 0.25) is 0 Å². The third kappa shape index (κ3) is 3.43. The Morgan fingerprint density at radius 3 is 2.50 bits per heavy atom. The lowest BCUT2D eigenvalue weighted by atomic mass is 9.59. The molecule has 38 heavy (non-hydrogen) atoms. The van der Waals surface area contributed by atoms with Crippen molar-refractivity contribution in [3.63, 3.8) is 0 Å². The van der Waals surface area contributed by atoms with E-state index in [9.17, 15) is 34.4 Å². The summed E-state index contributed by atoms with van der Waals surface area (Å²) in [6.07, 6.45) is 3.39. The molecule has 0 saturated carbocycles. The fourth-order valence-corrected chi connectivity index (χ4v) is 6.74. The van der Waals surface area contributed by atoms with Gasteiger partial charge in [-0.15, -0.1) is 0 Å². The molecule has 2 amide bonds. The van der Waals surface area contributed by atoms with Crippen LogP contribution in [0, 0.1) is 27.9 Å². The second-order valence-electron chi connectivity index (χ2n) is 9.74. The number of phenolic OH excluding ortho intramolecular Hbond substituents is 1. The number of phenols is 1. The number of nitrogens with zero attached hydrogens (tertiary/aromatic N) is 2. The molecule has 2 aromatic rings.